The largest absolute Gasteiger partial charge is 0.307 e. The lowest BCUT2D eigenvalue weighted by Crippen LogP contribution is -2.21. The Morgan fingerprint density at radius 1 is 1.54 bits per heavy atom. The van der Waals surface area contributed by atoms with E-state index in [0.29, 0.717) is 12.2 Å². The molecule has 5 nitrogen and oxygen atoms in total. The van der Waals surface area contributed by atoms with Crippen LogP contribution in [0.15, 0.2) is 16.9 Å². The van der Waals surface area contributed by atoms with Crippen molar-refractivity contribution >= 4 is 5.69 Å². The second kappa shape index (κ2) is 3.38. The first-order valence-corrected chi connectivity index (χ1v) is 3.92. The number of pyridine rings is 1. The van der Waals surface area contributed by atoms with Crippen molar-refractivity contribution in [3.8, 4) is 0 Å². The minimum absolute atomic E-state index is 0.0125. The minimum atomic E-state index is -0.485. The summed E-state index contributed by atoms with van der Waals surface area (Å²) in [4.78, 5) is 21.2. The van der Waals surface area contributed by atoms with Gasteiger partial charge in [-0.15, -0.1) is 0 Å². The summed E-state index contributed by atoms with van der Waals surface area (Å²) in [5.74, 6) is 0. The fourth-order valence-corrected chi connectivity index (χ4v) is 1.25. The zero-order chi connectivity index (χ0) is 10.0. The van der Waals surface area contributed by atoms with Crippen LogP contribution in [0.2, 0.25) is 0 Å². The van der Waals surface area contributed by atoms with E-state index in [0.717, 1.165) is 0 Å². The first kappa shape index (κ1) is 9.44. The van der Waals surface area contributed by atoms with Crippen molar-refractivity contribution in [3.05, 3.63) is 38.3 Å². The van der Waals surface area contributed by atoms with Crippen molar-refractivity contribution in [2.24, 2.45) is 0 Å². The molecule has 1 aromatic heterocycles. The van der Waals surface area contributed by atoms with E-state index in [4.69, 9.17) is 0 Å². The topological polar surface area (TPSA) is 65.1 Å². The molecule has 0 amide bonds. The van der Waals surface area contributed by atoms with Crippen LogP contribution >= 0.6 is 0 Å². The van der Waals surface area contributed by atoms with Crippen LogP contribution in [0.3, 0.4) is 0 Å². The second-order valence-electron chi connectivity index (χ2n) is 2.64. The maximum atomic E-state index is 11.2. The molecule has 0 N–H and O–H groups in total. The van der Waals surface area contributed by atoms with Crippen LogP contribution in [0.1, 0.15) is 12.6 Å². The van der Waals surface area contributed by atoms with Gasteiger partial charge in [0.05, 0.1) is 10.6 Å². The van der Waals surface area contributed by atoms with Gasteiger partial charge in [-0.1, -0.05) is 0 Å². The molecule has 70 valence electrons. The molecule has 0 aromatic carbocycles. The summed E-state index contributed by atoms with van der Waals surface area (Å²) >= 11 is 0. The Hall–Kier alpha value is -1.65. The van der Waals surface area contributed by atoms with Crippen LogP contribution in [-0.2, 0) is 6.54 Å². The highest BCUT2D eigenvalue weighted by atomic mass is 16.6. The van der Waals surface area contributed by atoms with E-state index < -0.39 is 4.92 Å². The first-order valence-electron chi connectivity index (χ1n) is 3.92. The fourth-order valence-electron chi connectivity index (χ4n) is 1.25. The molecule has 1 aromatic rings. The Morgan fingerprint density at radius 2 is 2.15 bits per heavy atom. The van der Waals surface area contributed by atoms with E-state index in [9.17, 15) is 14.9 Å². The summed E-state index contributed by atoms with van der Waals surface area (Å²) < 4.78 is 1.37. The predicted octanol–water partition coefficient (Wildman–Crippen LogP) is 1.08. The molecule has 0 bridgehead atoms. The van der Waals surface area contributed by atoms with Gasteiger partial charge in [-0.3, -0.25) is 14.9 Å². The molecule has 0 fully saturated rings. The zero-order valence-electron chi connectivity index (χ0n) is 7.48. The molecule has 0 saturated heterocycles. The van der Waals surface area contributed by atoms with Gasteiger partial charge in [0.1, 0.15) is 0 Å². The summed E-state index contributed by atoms with van der Waals surface area (Å²) in [6.45, 7) is 3.80. The maximum Gasteiger partial charge on any atom is 0.288 e. The Balaban J connectivity index is 3.45. The van der Waals surface area contributed by atoms with Crippen LogP contribution in [0.4, 0.5) is 5.69 Å². The van der Waals surface area contributed by atoms with E-state index in [1.54, 1.807) is 13.8 Å². The van der Waals surface area contributed by atoms with E-state index >= 15 is 0 Å². The van der Waals surface area contributed by atoms with Crippen LogP contribution in [0.25, 0.3) is 0 Å². The van der Waals surface area contributed by atoms with E-state index in [1.165, 1.54) is 16.7 Å². The number of rotatable bonds is 2. The number of nitrogens with zero attached hydrogens (tertiary/aromatic N) is 2. The van der Waals surface area contributed by atoms with Crippen molar-refractivity contribution in [2.45, 2.75) is 20.4 Å². The second-order valence-corrected chi connectivity index (χ2v) is 2.64. The van der Waals surface area contributed by atoms with Crippen molar-refractivity contribution in [2.75, 3.05) is 0 Å². The van der Waals surface area contributed by atoms with Crippen molar-refractivity contribution in [1.29, 1.82) is 0 Å². The molecule has 0 aliphatic heterocycles. The number of hydrogen-bond acceptors (Lipinski definition) is 3. The van der Waals surface area contributed by atoms with Crippen molar-refractivity contribution < 1.29 is 4.92 Å². The molecule has 0 radical (unpaired) electrons. The monoisotopic (exact) mass is 182 g/mol. The normalized spacial score (nSPS) is 10.0. The summed E-state index contributed by atoms with van der Waals surface area (Å²) in [6, 6.07) is 2.46. The van der Waals surface area contributed by atoms with Gasteiger partial charge in [-0.2, -0.15) is 0 Å². The molecule has 0 spiro atoms. The van der Waals surface area contributed by atoms with Gasteiger partial charge in [0.15, 0.2) is 0 Å². The Labute approximate surface area is 74.8 Å². The van der Waals surface area contributed by atoms with Gasteiger partial charge in [0.2, 0.25) is 0 Å². The average Bonchev–Trinajstić information content (AvgIpc) is 2.04. The first-order chi connectivity index (χ1) is 6.07. The molecule has 0 saturated carbocycles. The van der Waals surface area contributed by atoms with Gasteiger partial charge in [0.25, 0.3) is 11.2 Å². The highest BCUT2D eigenvalue weighted by Gasteiger charge is 2.13. The van der Waals surface area contributed by atoms with E-state index in [-0.39, 0.29) is 11.2 Å². The molecule has 13 heavy (non-hydrogen) atoms. The molecular weight excluding hydrogens is 172 g/mol. The SMILES string of the molecule is CCn1c(C)c([N+](=O)[O-])ccc1=O. The molecular formula is C8H10N2O3. The summed E-state index contributed by atoms with van der Waals surface area (Å²) in [6.07, 6.45) is 0. The predicted molar refractivity (Wildman–Crippen MR) is 47.8 cm³/mol. The highest BCUT2D eigenvalue weighted by Crippen LogP contribution is 2.13. The molecule has 5 heteroatoms. The zero-order valence-corrected chi connectivity index (χ0v) is 7.48. The molecule has 1 rings (SSSR count). The third-order valence-electron chi connectivity index (χ3n) is 1.94. The van der Waals surface area contributed by atoms with Gasteiger partial charge in [-0.05, 0) is 13.8 Å². The Kier molecular flexibility index (Phi) is 2.46. The van der Waals surface area contributed by atoms with Crippen molar-refractivity contribution in [3.63, 3.8) is 0 Å². The third kappa shape index (κ3) is 1.58. The number of nitro groups is 1. The summed E-state index contributed by atoms with van der Waals surface area (Å²) in [5.41, 5.74) is 0.187. The lowest BCUT2D eigenvalue weighted by molar-refractivity contribution is -0.386. The van der Waals surface area contributed by atoms with E-state index in [2.05, 4.69) is 0 Å². The van der Waals surface area contributed by atoms with Crippen LogP contribution in [-0.4, -0.2) is 9.49 Å². The molecule has 0 unspecified atom stereocenters. The maximum absolute atomic E-state index is 11.2. The van der Waals surface area contributed by atoms with Gasteiger partial charge < -0.3 is 4.57 Å². The summed E-state index contributed by atoms with van der Waals surface area (Å²) in [7, 11) is 0. The average molecular weight is 182 g/mol. The molecule has 0 aliphatic carbocycles. The summed E-state index contributed by atoms with van der Waals surface area (Å²) in [5, 5.41) is 10.5. The van der Waals surface area contributed by atoms with Crippen LogP contribution in [0.5, 0.6) is 0 Å². The number of hydrogen-bond donors (Lipinski definition) is 0. The Bertz CT molecular complexity index is 395. The third-order valence-corrected chi connectivity index (χ3v) is 1.94. The molecule has 0 aliphatic rings. The lowest BCUT2D eigenvalue weighted by Gasteiger charge is -2.05. The Morgan fingerprint density at radius 3 is 2.62 bits per heavy atom. The van der Waals surface area contributed by atoms with Crippen molar-refractivity contribution in [1.82, 2.24) is 4.57 Å². The molecule has 1 heterocycles. The molecule has 0 atom stereocenters. The van der Waals surface area contributed by atoms with Gasteiger partial charge >= 0.3 is 0 Å². The number of aromatic nitrogens is 1. The smallest absolute Gasteiger partial charge is 0.288 e. The quantitative estimate of drug-likeness (QED) is 0.507. The highest BCUT2D eigenvalue weighted by molar-refractivity contribution is 5.34. The van der Waals surface area contributed by atoms with Crippen LogP contribution in [0, 0.1) is 17.0 Å². The van der Waals surface area contributed by atoms with E-state index in [1.807, 2.05) is 0 Å². The van der Waals surface area contributed by atoms with Gasteiger partial charge in [0, 0.05) is 18.7 Å². The minimum Gasteiger partial charge on any atom is -0.307 e. The van der Waals surface area contributed by atoms with Crippen LogP contribution < -0.4 is 5.56 Å². The lowest BCUT2D eigenvalue weighted by atomic mass is 10.3. The van der Waals surface area contributed by atoms with Gasteiger partial charge in [-0.25, -0.2) is 0 Å². The standard InChI is InChI=1S/C8H10N2O3/c1-3-9-6(2)7(10(12)13)4-5-8(9)11/h4-5H,3H2,1-2H3. The fraction of sp³-hybridized carbons (Fsp3) is 0.375.